The van der Waals surface area contributed by atoms with Gasteiger partial charge < -0.3 is 10.1 Å². The van der Waals surface area contributed by atoms with Gasteiger partial charge in [0.25, 0.3) is 0 Å². The van der Waals surface area contributed by atoms with Crippen LogP contribution in [0.2, 0.25) is 0 Å². The summed E-state index contributed by atoms with van der Waals surface area (Å²) < 4.78 is 5.02. The van der Waals surface area contributed by atoms with Crippen LogP contribution in [0.15, 0.2) is 24.5 Å². The van der Waals surface area contributed by atoms with E-state index in [1.54, 1.807) is 7.11 Å². The molecule has 2 rings (SSSR count). The number of hydrogen-bond acceptors (Lipinski definition) is 4. The van der Waals surface area contributed by atoms with Crippen molar-refractivity contribution in [1.82, 2.24) is 15.2 Å². The van der Waals surface area contributed by atoms with E-state index in [4.69, 9.17) is 4.74 Å². The van der Waals surface area contributed by atoms with Gasteiger partial charge in [0.05, 0.1) is 12.5 Å². The second-order valence-corrected chi connectivity index (χ2v) is 5.77. The number of carbonyl (C=O) groups is 1. The molecule has 2 heterocycles. The summed E-state index contributed by atoms with van der Waals surface area (Å²) in [5, 5.41) is 3.13. The summed E-state index contributed by atoms with van der Waals surface area (Å²) in [6, 6.07) is 4.41. The van der Waals surface area contributed by atoms with Crippen molar-refractivity contribution in [3.63, 3.8) is 0 Å². The summed E-state index contributed by atoms with van der Waals surface area (Å²) in [5.41, 5.74) is 1.29. The molecule has 1 unspecified atom stereocenters. The zero-order chi connectivity index (χ0) is 15.1. The molecule has 0 radical (unpaired) electrons. The summed E-state index contributed by atoms with van der Waals surface area (Å²) in [6.07, 6.45) is 5.69. The largest absolute Gasteiger partial charge is 0.384 e. The Hall–Kier alpha value is -1.46. The second kappa shape index (κ2) is 8.10. The highest BCUT2D eigenvalue weighted by Crippen LogP contribution is 2.14. The summed E-state index contributed by atoms with van der Waals surface area (Å²) in [7, 11) is 1.63. The normalized spacial score (nSPS) is 18.4. The number of likely N-dealkylation sites (tertiary alicyclic amines) is 1. The zero-order valence-electron chi connectivity index (χ0n) is 12.9. The van der Waals surface area contributed by atoms with Crippen molar-refractivity contribution in [2.45, 2.75) is 32.4 Å². The molecule has 0 saturated carbocycles. The quantitative estimate of drug-likeness (QED) is 0.862. The number of pyridine rings is 1. The second-order valence-electron chi connectivity index (χ2n) is 5.77. The molecule has 1 aliphatic heterocycles. The molecular weight excluding hydrogens is 266 g/mol. The van der Waals surface area contributed by atoms with E-state index in [9.17, 15) is 4.79 Å². The van der Waals surface area contributed by atoms with Crippen LogP contribution >= 0.6 is 0 Å². The minimum atomic E-state index is -0.0788. The highest BCUT2D eigenvalue weighted by Gasteiger charge is 2.22. The van der Waals surface area contributed by atoms with Crippen molar-refractivity contribution in [3.05, 3.63) is 30.1 Å². The molecule has 0 bridgehead atoms. The highest BCUT2D eigenvalue weighted by molar-refractivity contribution is 5.78. The lowest BCUT2D eigenvalue weighted by Gasteiger charge is -2.32. The molecular formula is C16H25N3O2. The van der Waals surface area contributed by atoms with E-state index in [1.165, 1.54) is 5.56 Å². The van der Waals surface area contributed by atoms with Crippen molar-refractivity contribution >= 4 is 5.91 Å². The van der Waals surface area contributed by atoms with Crippen LogP contribution in [0.3, 0.4) is 0 Å². The standard InChI is InChI=1S/C16H25N3O2/c1-13(12-21-2)16(20)18-15-5-9-19(10-6-15)11-14-3-7-17-8-4-14/h3-4,7-8,13,15H,5-6,9-12H2,1-2H3,(H,18,20). The molecule has 0 aromatic carbocycles. The average molecular weight is 291 g/mol. The first kappa shape index (κ1) is 15.9. The van der Waals surface area contributed by atoms with E-state index in [2.05, 4.69) is 27.3 Å². The first-order valence-corrected chi connectivity index (χ1v) is 7.59. The Labute approximate surface area is 126 Å². The van der Waals surface area contributed by atoms with Gasteiger partial charge in [-0.3, -0.25) is 14.7 Å². The minimum Gasteiger partial charge on any atom is -0.384 e. The fourth-order valence-electron chi connectivity index (χ4n) is 2.65. The Morgan fingerprint density at radius 2 is 2.10 bits per heavy atom. The molecule has 5 heteroatoms. The topological polar surface area (TPSA) is 54.5 Å². The number of ether oxygens (including phenoxy) is 1. The van der Waals surface area contributed by atoms with Gasteiger partial charge in [0.1, 0.15) is 0 Å². The fraction of sp³-hybridized carbons (Fsp3) is 0.625. The lowest BCUT2D eigenvalue weighted by Crippen LogP contribution is -2.46. The summed E-state index contributed by atoms with van der Waals surface area (Å²) in [5.74, 6) is 0.0225. The van der Waals surface area contributed by atoms with E-state index >= 15 is 0 Å². The molecule has 1 aromatic heterocycles. The number of nitrogens with zero attached hydrogens (tertiary/aromatic N) is 2. The van der Waals surface area contributed by atoms with Crippen LogP contribution in [0.25, 0.3) is 0 Å². The van der Waals surface area contributed by atoms with Gasteiger partial charge in [0.2, 0.25) is 5.91 Å². The number of amides is 1. The van der Waals surface area contributed by atoms with Crippen LogP contribution in [-0.4, -0.2) is 48.6 Å². The lowest BCUT2D eigenvalue weighted by atomic mass is 10.0. The van der Waals surface area contributed by atoms with Crippen LogP contribution in [0.4, 0.5) is 0 Å². The maximum atomic E-state index is 12.0. The molecule has 1 aromatic rings. The molecule has 1 amide bonds. The first-order chi connectivity index (χ1) is 10.2. The predicted octanol–water partition coefficient (Wildman–Crippen LogP) is 1.44. The summed E-state index contributed by atoms with van der Waals surface area (Å²) >= 11 is 0. The van der Waals surface area contributed by atoms with Gasteiger partial charge in [0.15, 0.2) is 0 Å². The minimum absolute atomic E-state index is 0.0788. The van der Waals surface area contributed by atoms with Crippen molar-refractivity contribution in [1.29, 1.82) is 0 Å². The Kier molecular flexibility index (Phi) is 6.14. The van der Waals surface area contributed by atoms with Gasteiger partial charge >= 0.3 is 0 Å². The maximum Gasteiger partial charge on any atom is 0.225 e. The van der Waals surface area contributed by atoms with Crippen LogP contribution in [0.5, 0.6) is 0 Å². The third kappa shape index (κ3) is 5.10. The molecule has 1 N–H and O–H groups in total. The van der Waals surface area contributed by atoms with Crippen molar-refractivity contribution in [3.8, 4) is 0 Å². The number of carbonyl (C=O) groups excluding carboxylic acids is 1. The van der Waals surface area contributed by atoms with E-state index in [-0.39, 0.29) is 11.8 Å². The third-order valence-corrected chi connectivity index (χ3v) is 3.95. The van der Waals surface area contributed by atoms with Gasteiger partial charge in [-0.15, -0.1) is 0 Å². The zero-order valence-corrected chi connectivity index (χ0v) is 12.9. The van der Waals surface area contributed by atoms with E-state index in [0.29, 0.717) is 12.6 Å². The van der Waals surface area contributed by atoms with Crippen molar-refractivity contribution in [2.75, 3.05) is 26.8 Å². The third-order valence-electron chi connectivity index (χ3n) is 3.95. The molecule has 5 nitrogen and oxygen atoms in total. The first-order valence-electron chi connectivity index (χ1n) is 7.59. The van der Waals surface area contributed by atoms with Crippen LogP contribution in [-0.2, 0) is 16.1 Å². The van der Waals surface area contributed by atoms with Crippen LogP contribution in [0.1, 0.15) is 25.3 Å². The summed E-state index contributed by atoms with van der Waals surface area (Å²) in [6.45, 7) is 5.38. The van der Waals surface area contributed by atoms with Crippen molar-refractivity contribution in [2.24, 2.45) is 5.92 Å². The molecule has 0 spiro atoms. The van der Waals surface area contributed by atoms with Gasteiger partial charge in [-0.1, -0.05) is 6.92 Å². The number of hydrogen-bond donors (Lipinski definition) is 1. The number of rotatable bonds is 6. The number of nitrogens with one attached hydrogen (secondary N) is 1. The molecule has 1 fully saturated rings. The van der Waals surface area contributed by atoms with Crippen molar-refractivity contribution < 1.29 is 9.53 Å². The number of piperidine rings is 1. The number of aromatic nitrogens is 1. The van der Waals surface area contributed by atoms with Gasteiger partial charge in [0, 0.05) is 45.2 Å². The molecule has 1 saturated heterocycles. The maximum absolute atomic E-state index is 12.0. The molecule has 0 aliphatic carbocycles. The van der Waals surface area contributed by atoms with E-state index in [0.717, 1.165) is 32.5 Å². The number of methoxy groups -OCH3 is 1. The average Bonchev–Trinajstić information content (AvgIpc) is 2.50. The fourth-order valence-corrected chi connectivity index (χ4v) is 2.65. The van der Waals surface area contributed by atoms with E-state index < -0.39 is 0 Å². The summed E-state index contributed by atoms with van der Waals surface area (Å²) in [4.78, 5) is 18.4. The Bertz CT molecular complexity index is 430. The monoisotopic (exact) mass is 291 g/mol. The van der Waals surface area contributed by atoms with Crippen LogP contribution < -0.4 is 5.32 Å². The molecule has 116 valence electrons. The Balaban J connectivity index is 1.72. The lowest BCUT2D eigenvalue weighted by molar-refractivity contribution is -0.127. The Morgan fingerprint density at radius 3 is 2.71 bits per heavy atom. The smallest absolute Gasteiger partial charge is 0.225 e. The molecule has 21 heavy (non-hydrogen) atoms. The molecule has 1 aliphatic rings. The molecule has 1 atom stereocenters. The Morgan fingerprint density at radius 1 is 1.43 bits per heavy atom. The SMILES string of the molecule is COCC(C)C(=O)NC1CCN(Cc2ccncc2)CC1. The highest BCUT2D eigenvalue weighted by atomic mass is 16.5. The van der Waals surface area contributed by atoms with Gasteiger partial charge in [-0.2, -0.15) is 0 Å². The van der Waals surface area contributed by atoms with Gasteiger partial charge in [-0.25, -0.2) is 0 Å². The predicted molar refractivity (Wildman–Crippen MR) is 81.7 cm³/mol. The van der Waals surface area contributed by atoms with Crippen LogP contribution in [0, 0.1) is 5.92 Å². The van der Waals surface area contributed by atoms with E-state index in [1.807, 2.05) is 19.3 Å². The van der Waals surface area contributed by atoms with Gasteiger partial charge in [-0.05, 0) is 30.5 Å².